The Morgan fingerprint density at radius 1 is 0.838 bits per heavy atom. The molecule has 0 saturated carbocycles. The van der Waals surface area contributed by atoms with Gasteiger partial charge in [-0.05, 0) is 77.9 Å². The molecule has 1 aliphatic heterocycles. The van der Waals surface area contributed by atoms with Gasteiger partial charge in [-0.25, -0.2) is 4.79 Å². The summed E-state index contributed by atoms with van der Waals surface area (Å²) in [5.74, 6) is 2.10. The molecule has 5 nitrogen and oxygen atoms in total. The van der Waals surface area contributed by atoms with E-state index in [2.05, 4.69) is 30.3 Å². The lowest BCUT2D eigenvalue weighted by Gasteiger charge is -2.30. The van der Waals surface area contributed by atoms with Crippen LogP contribution in [0.25, 0.3) is 21.6 Å². The van der Waals surface area contributed by atoms with Gasteiger partial charge in [-0.3, -0.25) is 0 Å². The van der Waals surface area contributed by atoms with Crippen molar-refractivity contribution < 1.29 is 19.0 Å². The monoisotopic (exact) mass is 513 g/mol. The normalized spacial score (nSPS) is 13.8. The lowest BCUT2D eigenvalue weighted by Crippen LogP contribution is -2.38. The maximum Gasteiger partial charge on any atom is 0.410 e. The number of rotatable bonds is 7. The molecule has 6 heteroatoms. The minimum Gasteiger partial charge on any atom is -0.497 e. The molecule has 0 bridgehead atoms. The molecule has 190 valence electrons. The van der Waals surface area contributed by atoms with Crippen LogP contribution in [0.1, 0.15) is 29.2 Å². The van der Waals surface area contributed by atoms with Crippen molar-refractivity contribution in [1.29, 1.82) is 0 Å². The molecule has 4 aromatic rings. The number of methoxy groups -OCH3 is 2. The zero-order chi connectivity index (χ0) is 25.6. The molecule has 0 N–H and O–H groups in total. The second kappa shape index (κ2) is 11.5. The highest BCUT2D eigenvalue weighted by Crippen LogP contribution is 2.44. The smallest absolute Gasteiger partial charge is 0.410 e. The lowest BCUT2D eigenvalue weighted by molar-refractivity contribution is 0.0872. The summed E-state index contributed by atoms with van der Waals surface area (Å²) in [4.78, 5) is 17.1. The van der Waals surface area contributed by atoms with Crippen LogP contribution >= 0.6 is 11.3 Å². The van der Waals surface area contributed by atoms with E-state index in [0.717, 1.165) is 35.5 Å². The molecule has 1 aromatic heterocycles. The molecule has 1 amide bonds. The summed E-state index contributed by atoms with van der Waals surface area (Å²) in [5, 5.41) is 0. The maximum atomic E-state index is 12.6. The second-order valence-corrected chi connectivity index (χ2v) is 10.2. The van der Waals surface area contributed by atoms with Crippen molar-refractivity contribution in [3.05, 3.63) is 95.4 Å². The number of hydrogen-bond donors (Lipinski definition) is 0. The van der Waals surface area contributed by atoms with Crippen LogP contribution in [0.5, 0.6) is 11.5 Å². The molecule has 0 radical (unpaired) electrons. The highest BCUT2D eigenvalue weighted by Gasteiger charge is 2.27. The molecule has 3 aromatic carbocycles. The number of hydrogen-bond acceptors (Lipinski definition) is 5. The Morgan fingerprint density at radius 3 is 2.03 bits per heavy atom. The molecule has 1 saturated heterocycles. The fourth-order valence-electron chi connectivity index (χ4n) is 4.71. The van der Waals surface area contributed by atoms with Gasteiger partial charge in [0.1, 0.15) is 18.1 Å². The Kier molecular flexibility index (Phi) is 7.76. The van der Waals surface area contributed by atoms with Crippen LogP contribution in [-0.4, -0.2) is 38.3 Å². The first kappa shape index (κ1) is 24.9. The Hall–Kier alpha value is -3.77. The van der Waals surface area contributed by atoms with Gasteiger partial charge >= 0.3 is 6.09 Å². The number of piperidine rings is 1. The minimum atomic E-state index is -0.230. The standard InChI is InChI=1S/C31H31NO4S/c1-34-26-12-8-23(9-13-26)28-20-29(37-30(28)25-10-14-27(35-2)15-11-25)24-16-18-32(19-17-24)31(33)36-21-22-6-4-3-5-7-22/h3-15,20,24H,16-19,21H2,1-2H3. The molecule has 5 rings (SSSR count). The van der Waals surface area contributed by atoms with Gasteiger partial charge in [-0.1, -0.05) is 42.5 Å². The van der Waals surface area contributed by atoms with Crippen molar-refractivity contribution in [2.24, 2.45) is 0 Å². The van der Waals surface area contributed by atoms with Crippen LogP contribution in [-0.2, 0) is 11.3 Å². The van der Waals surface area contributed by atoms with Gasteiger partial charge in [-0.2, -0.15) is 0 Å². The highest BCUT2D eigenvalue weighted by molar-refractivity contribution is 7.16. The number of thiophene rings is 1. The molecule has 2 heterocycles. The average molecular weight is 514 g/mol. The van der Waals surface area contributed by atoms with Crippen LogP contribution in [0.3, 0.4) is 0 Å². The predicted molar refractivity (Wildman–Crippen MR) is 148 cm³/mol. The third-order valence-electron chi connectivity index (χ3n) is 6.87. The molecule has 0 atom stereocenters. The van der Waals surface area contributed by atoms with Crippen molar-refractivity contribution in [3.63, 3.8) is 0 Å². The van der Waals surface area contributed by atoms with Crippen molar-refractivity contribution in [3.8, 4) is 33.1 Å². The Labute approximate surface area is 222 Å². The van der Waals surface area contributed by atoms with Gasteiger partial charge in [0, 0.05) is 28.4 Å². The van der Waals surface area contributed by atoms with Gasteiger partial charge in [0.15, 0.2) is 0 Å². The average Bonchev–Trinajstić information content (AvgIpc) is 3.42. The van der Waals surface area contributed by atoms with Crippen molar-refractivity contribution in [1.82, 2.24) is 4.90 Å². The molecule has 0 spiro atoms. The van der Waals surface area contributed by atoms with E-state index in [4.69, 9.17) is 14.2 Å². The van der Waals surface area contributed by atoms with Crippen LogP contribution in [0.2, 0.25) is 0 Å². The van der Waals surface area contributed by atoms with Gasteiger partial charge < -0.3 is 19.1 Å². The van der Waals surface area contributed by atoms with Crippen molar-refractivity contribution >= 4 is 17.4 Å². The first-order valence-electron chi connectivity index (χ1n) is 12.5. The summed E-state index contributed by atoms with van der Waals surface area (Å²) in [6.07, 6.45) is 1.61. The lowest BCUT2D eigenvalue weighted by atomic mass is 9.93. The van der Waals surface area contributed by atoms with E-state index in [1.165, 1.54) is 20.9 Å². The molecule has 0 unspecified atom stereocenters. The molecular weight excluding hydrogens is 482 g/mol. The zero-order valence-corrected chi connectivity index (χ0v) is 22.0. The number of ether oxygens (including phenoxy) is 3. The topological polar surface area (TPSA) is 48.0 Å². The molecule has 37 heavy (non-hydrogen) atoms. The van der Waals surface area contributed by atoms with E-state index in [1.54, 1.807) is 14.2 Å². The highest BCUT2D eigenvalue weighted by atomic mass is 32.1. The van der Waals surface area contributed by atoms with Crippen LogP contribution in [0.4, 0.5) is 4.79 Å². The van der Waals surface area contributed by atoms with Crippen molar-refractivity contribution in [2.75, 3.05) is 27.3 Å². The maximum absolute atomic E-state index is 12.6. The van der Waals surface area contributed by atoms with Crippen molar-refractivity contribution in [2.45, 2.75) is 25.4 Å². The summed E-state index contributed by atoms with van der Waals surface area (Å²) in [6.45, 7) is 1.71. The van der Waals surface area contributed by atoms with Crippen LogP contribution < -0.4 is 9.47 Å². The third-order valence-corrected chi connectivity index (χ3v) is 8.21. The molecular formula is C31H31NO4S. The number of carbonyl (C=O) groups excluding carboxylic acids is 1. The fraction of sp³-hybridized carbons (Fsp3) is 0.258. The summed E-state index contributed by atoms with van der Waals surface area (Å²) in [6, 6.07) is 28.6. The number of likely N-dealkylation sites (tertiary alicyclic amines) is 1. The van der Waals surface area contributed by atoms with E-state index >= 15 is 0 Å². The summed E-state index contributed by atoms with van der Waals surface area (Å²) >= 11 is 1.85. The fourth-order valence-corrected chi connectivity index (χ4v) is 6.07. The second-order valence-electron chi connectivity index (χ2n) is 9.15. The Balaban J connectivity index is 1.32. The van der Waals surface area contributed by atoms with Crippen LogP contribution in [0.15, 0.2) is 84.9 Å². The molecule has 1 fully saturated rings. The number of nitrogens with zero attached hydrogens (tertiary/aromatic N) is 1. The largest absolute Gasteiger partial charge is 0.497 e. The third kappa shape index (κ3) is 5.81. The Morgan fingerprint density at radius 2 is 1.43 bits per heavy atom. The quantitative estimate of drug-likeness (QED) is 0.255. The number of amides is 1. The Bertz CT molecular complexity index is 1240. The van der Waals surface area contributed by atoms with Gasteiger partial charge in [0.05, 0.1) is 14.2 Å². The minimum absolute atomic E-state index is 0.230. The van der Waals surface area contributed by atoms with Gasteiger partial charge in [-0.15, -0.1) is 11.3 Å². The van der Waals surface area contributed by atoms with E-state index in [1.807, 2.05) is 70.8 Å². The van der Waals surface area contributed by atoms with Gasteiger partial charge in [0.2, 0.25) is 0 Å². The number of carbonyl (C=O) groups is 1. The summed E-state index contributed by atoms with van der Waals surface area (Å²) in [5.41, 5.74) is 4.56. The first-order chi connectivity index (χ1) is 18.1. The van der Waals surface area contributed by atoms with Gasteiger partial charge in [0.25, 0.3) is 0 Å². The van der Waals surface area contributed by atoms with E-state index in [0.29, 0.717) is 25.6 Å². The van der Waals surface area contributed by atoms with E-state index < -0.39 is 0 Å². The molecule has 0 aliphatic carbocycles. The first-order valence-corrected chi connectivity index (χ1v) is 13.3. The molecule has 1 aliphatic rings. The zero-order valence-electron chi connectivity index (χ0n) is 21.2. The summed E-state index contributed by atoms with van der Waals surface area (Å²) in [7, 11) is 3.37. The van der Waals surface area contributed by atoms with Crippen LogP contribution in [0, 0.1) is 0 Å². The predicted octanol–water partition coefficient (Wildman–Crippen LogP) is 7.62. The number of benzene rings is 3. The SMILES string of the molecule is COc1ccc(-c2cc(C3CCN(C(=O)OCc4ccccc4)CC3)sc2-c2ccc(OC)cc2)cc1. The van der Waals surface area contributed by atoms with E-state index in [-0.39, 0.29) is 6.09 Å². The van der Waals surface area contributed by atoms with E-state index in [9.17, 15) is 4.79 Å². The summed E-state index contributed by atoms with van der Waals surface area (Å²) < 4.78 is 16.3.